The highest BCUT2D eigenvalue weighted by atomic mass is 19.4. The number of piperidine rings is 1. The molecule has 1 aliphatic rings. The maximum absolute atomic E-state index is 13.7. The maximum Gasteiger partial charge on any atom is 0.418 e. The zero-order valence-corrected chi connectivity index (χ0v) is 21.0. The Morgan fingerprint density at radius 3 is 2.49 bits per heavy atom. The van der Waals surface area contributed by atoms with Crippen molar-refractivity contribution in [2.24, 2.45) is 0 Å². The van der Waals surface area contributed by atoms with E-state index >= 15 is 0 Å². The van der Waals surface area contributed by atoms with Crippen LogP contribution in [-0.2, 0) is 17.5 Å². The predicted molar refractivity (Wildman–Crippen MR) is 128 cm³/mol. The van der Waals surface area contributed by atoms with Gasteiger partial charge in [-0.1, -0.05) is 0 Å². The van der Waals surface area contributed by atoms with E-state index in [0.717, 1.165) is 10.6 Å². The van der Waals surface area contributed by atoms with E-state index in [0.29, 0.717) is 37.0 Å². The molecule has 4 rings (SSSR count). The Labute approximate surface area is 211 Å². The summed E-state index contributed by atoms with van der Waals surface area (Å²) in [7, 11) is 1.38. The van der Waals surface area contributed by atoms with Gasteiger partial charge in [-0.15, -0.1) is 0 Å². The smallest absolute Gasteiger partial charge is 0.418 e. The molecular formula is C25H28F3N5O4. The lowest BCUT2D eigenvalue weighted by molar-refractivity contribution is -0.138. The molecule has 0 saturated carbocycles. The second-order valence-electron chi connectivity index (χ2n) is 9.85. The molecule has 0 aromatic carbocycles. The highest BCUT2D eigenvalue weighted by Gasteiger charge is 2.35. The largest absolute Gasteiger partial charge is 0.480 e. The number of likely N-dealkylation sites (tertiary alicyclic amines) is 1. The van der Waals surface area contributed by atoms with Gasteiger partial charge in [-0.05, 0) is 57.7 Å². The molecule has 0 atom stereocenters. The number of aromatic nitrogens is 4. The number of carbonyl (C=O) groups excluding carboxylic acids is 1. The van der Waals surface area contributed by atoms with E-state index in [1.165, 1.54) is 25.6 Å². The molecule has 1 amide bonds. The summed E-state index contributed by atoms with van der Waals surface area (Å²) >= 11 is 0. The normalized spacial score (nSPS) is 15.2. The lowest BCUT2D eigenvalue weighted by Crippen LogP contribution is -2.42. The molecule has 0 aliphatic carbocycles. The molecule has 1 saturated heterocycles. The second kappa shape index (κ2) is 9.98. The first-order valence-corrected chi connectivity index (χ1v) is 11.8. The average Bonchev–Trinajstić information content (AvgIpc) is 2.84. The van der Waals surface area contributed by atoms with E-state index in [1.807, 2.05) is 0 Å². The number of halogens is 3. The number of fused-ring (bicyclic) bond motifs is 1. The summed E-state index contributed by atoms with van der Waals surface area (Å²) in [6.45, 7) is 5.68. The summed E-state index contributed by atoms with van der Waals surface area (Å²) in [6.07, 6.45) is -1.45. The highest BCUT2D eigenvalue weighted by Crippen LogP contribution is 2.32. The minimum atomic E-state index is -4.64. The highest BCUT2D eigenvalue weighted by molar-refractivity contribution is 5.72. The zero-order valence-electron chi connectivity index (χ0n) is 21.0. The van der Waals surface area contributed by atoms with Crippen LogP contribution in [0.3, 0.4) is 0 Å². The average molecular weight is 520 g/mol. The number of ether oxygens (including phenoxy) is 2. The number of pyridine rings is 2. The van der Waals surface area contributed by atoms with Gasteiger partial charge < -0.3 is 14.4 Å². The van der Waals surface area contributed by atoms with E-state index < -0.39 is 35.5 Å². The molecule has 3 aromatic rings. The quantitative estimate of drug-likeness (QED) is 0.505. The maximum atomic E-state index is 13.7. The standard InChI is InChI=1S/C25H28F3N5O4/c1-24(2,3)37-23(35)32-10-7-15(8-11-32)16-12-18-21(31-20(36-4)13-30-18)33(22(16)34)14-19-17(25(26,27)28)6-5-9-29-19/h5-6,9,12-13,15H,7-8,10-11,14H2,1-4H3. The van der Waals surface area contributed by atoms with Gasteiger partial charge in [0.15, 0.2) is 5.65 Å². The summed E-state index contributed by atoms with van der Waals surface area (Å²) in [5.74, 6) is -0.104. The predicted octanol–water partition coefficient (Wildman–Crippen LogP) is 4.38. The summed E-state index contributed by atoms with van der Waals surface area (Å²) in [5, 5.41) is 0. The second-order valence-corrected chi connectivity index (χ2v) is 9.85. The van der Waals surface area contributed by atoms with Crippen LogP contribution in [0.15, 0.2) is 35.4 Å². The molecule has 37 heavy (non-hydrogen) atoms. The number of rotatable bonds is 4. The number of methoxy groups -OCH3 is 1. The monoisotopic (exact) mass is 519 g/mol. The molecule has 1 fully saturated rings. The minimum absolute atomic E-state index is 0.0954. The van der Waals surface area contributed by atoms with Crippen molar-refractivity contribution in [1.82, 2.24) is 24.4 Å². The first-order valence-electron chi connectivity index (χ1n) is 11.8. The summed E-state index contributed by atoms with van der Waals surface area (Å²) in [4.78, 5) is 40.3. The molecule has 9 nitrogen and oxygen atoms in total. The fraction of sp³-hybridized carbons (Fsp3) is 0.480. The van der Waals surface area contributed by atoms with Crippen LogP contribution < -0.4 is 10.3 Å². The lowest BCUT2D eigenvalue weighted by atomic mass is 9.90. The molecule has 0 radical (unpaired) electrons. The fourth-order valence-electron chi connectivity index (χ4n) is 4.34. The molecule has 198 valence electrons. The van der Waals surface area contributed by atoms with Crippen molar-refractivity contribution in [1.29, 1.82) is 0 Å². The SMILES string of the molecule is COc1cnc2cc(C3CCN(C(=O)OC(C)(C)C)CC3)c(=O)n(Cc3ncccc3C(F)(F)F)c2n1. The van der Waals surface area contributed by atoms with Crippen molar-refractivity contribution in [3.05, 3.63) is 57.8 Å². The van der Waals surface area contributed by atoms with Gasteiger partial charge in [0.2, 0.25) is 5.88 Å². The molecule has 0 bridgehead atoms. The molecule has 0 spiro atoms. The number of hydrogen-bond donors (Lipinski definition) is 0. The Morgan fingerprint density at radius 2 is 1.86 bits per heavy atom. The van der Waals surface area contributed by atoms with Gasteiger partial charge in [-0.2, -0.15) is 18.2 Å². The van der Waals surface area contributed by atoms with Crippen molar-refractivity contribution in [3.63, 3.8) is 0 Å². The van der Waals surface area contributed by atoms with E-state index in [-0.39, 0.29) is 23.1 Å². The topological polar surface area (TPSA) is 99.4 Å². The van der Waals surface area contributed by atoms with Crippen LogP contribution in [0.4, 0.5) is 18.0 Å². The van der Waals surface area contributed by atoms with Crippen LogP contribution in [0, 0.1) is 0 Å². The van der Waals surface area contributed by atoms with E-state index in [1.54, 1.807) is 31.7 Å². The molecule has 3 aromatic heterocycles. The van der Waals surface area contributed by atoms with Gasteiger partial charge in [-0.25, -0.2) is 9.78 Å². The zero-order chi connectivity index (χ0) is 27.0. The Bertz CT molecular complexity index is 1360. The van der Waals surface area contributed by atoms with Gasteiger partial charge in [-0.3, -0.25) is 14.3 Å². The minimum Gasteiger partial charge on any atom is -0.480 e. The van der Waals surface area contributed by atoms with Gasteiger partial charge in [0.1, 0.15) is 11.1 Å². The number of alkyl halides is 3. The van der Waals surface area contributed by atoms with Gasteiger partial charge in [0.05, 0.1) is 31.1 Å². The molecule has 0 N–H and O–H groups in total. The number of carbonyl (C=O) groups is 1. The molecular weight excluding hydrogens is 491 g/mol. The van der Waals surface area contributed by atoms with Crippen molar-refractivity contribution < 1.29 is 27.4 Å². The molecule has 0 unspecified atom stereocenters. The Balaban J connectivity index is 1.72. The molecule has 12 heteroatoms. The third kappa shape index (κ3) is 5.83. The van der Waals surface area contributed by atoms with E-state index in [9.17, 15) is 22.8 Å². The van der Waals surface area contributed by atoms with Crippen LogP contribution in [0.2, 0.25) is 0 Å². The summed E-state index contributed by atoms with van der Waals surface area (Å²) in [5.41, 5.74) is -1.50. The van der Waals surface area contributed by atoms with Crippen LogP contribution in [0.25, 0.3) is 11.2 Å². The van der Waals surface area contributed by atoms with Crippen molar-refractivity contribution in [2.75, 3.05) is 20.2 Å². The van der Waals surface area contributed by atoms with Crippen molar-refractivity contribution in [3.8, 4) is 5.88 Å². The lowest BCUT2D eigenvalue weighted by Gasteiger charge is -2.33. The molecule has 1 aliphatic heterocycles. The summed E-state index contributed by atoms with van der Waals surface area (Å²) < 4.78 is 52.7. The number of nitrogens with zero attached hydrogens (tertiary/aromatic N) is 5. The third-order valence-corrected chi connectivity index (χ3v) is 6.10. The Hall–Kier alpha value is -3.70. The third-order valence-electron chi connectivity index (χ3n) is 6.10. The van der Waals surface area contributed by atoms with Gasteiger partial charge in [0, 0.05) is 24.8 Å². The first kappa shape index (κ1) is 26.4. The van der Waals surface area contributed by atoms with Gasteiger partial charge in [0.25, 0.3) is 5.56 Å². The van der Waals surface area contributed by atoms with Crippen molar-refractivity contribution in [2.45, 2.75) is 57.9 Å². The van der Waals surface area contributed by atoms with E-state index in [2.05, 4.69) is 15.0 Å². The van der Waals surface area contributed by atoms with Crippen LogP contribution in [-0.4, -0.2) is 56.3 Å². The first-order chi connectivity index (χ1) is 17.4. The van der Waals surface area contributed by atoms with Crippen molar-refractivity contribution >= 4 is 17.3 Å². The molecule has 4 heterocycles. The number of hydrogen-bond acceptors (Lipinski definition) is 7. The van der Waals surface area contributed by atoms with Crippen LogP contribution >= 0.6 is 0 Å². The van der Waals surface area contributed by atoms with E-state index in [4.69, 9.17) is 9.47 Å². The summed E-state index contributed by atoms with van der Waals surface area (Å²) in [6, 6.07) is 3.75. The van der Waals surface area contributed by atoms with Crippen LogP contribution in [0.5, 0.6) is 5.88 Å². The number of amides is 1. The fourth-order valence-corrected chi connectivity index (χ4v) is 4.34. The van der Waals surface area contributed by atoms with Gasteiger partial charge >= 0.3 is 12.3 Å². The van der Waals surface area contributed by atoms with Crippen LogP contribution in [0.1, 0.15) is 56.4 Å². The Kier molecular flexibility index (Phi) is 7.11. The Morgan fingerprint density at radius 1 is 1.16 bits per heavy atom.